The Kier molecular flexibility index (Phi) is 5.53. The average Bonchev–Trinajstić information content (AvgIpc) is 2.81. The van der Waals surface area contributed by atoms with Gasteiger partial charge >= 0.3 is 0 Å². The zero-order chi connectivity index (χ0) is 18.4. The molecule has 0 bridgehead atoms. The van der Waals surface area contributed by atoms with Crippen molar-refractivity contribution in [1.29, 1.82) is 0 Å². The average molecular weight is 350 g/mol. The van der Waals surface area contributed by atoms with Crippen molar-refractivity contribution in [3.63, 3.8) is 0 Å². The molecular formula is C20H22N4O2. The quantitative estimate of drug-likeness (QED) is 0.617. The molecule has 1 aliphatic heterocycles. The Morgan fingerprint density at radius 3 is 2.69 bits per heavy atom. The number of carbonyl (C=O) groups excluding carboxylic acids is 2. The summed E-state index contributed by atoms with van der Waals surface area (Å²) in [6.45, 7) is 0.564. The molecule has 1 atom stereocenters. The van der Waals surface area contributed by atoms with Crippen LogP contribution in [0.3, 0.4) is 0 Å². The van der Waals surface area contributed by atoms with Crippen LogP contribution in [0.15, 0.2) is 66.5 Å². The maximum Gasteiger partial charge on any atom is 0.269 e. The van der Waals surface area contributed by atoms with E-state index >= 15 is 0 Å². The summed E-state index contributed by atoms with van der Waals surface area (Å²) in [5.74, 6) is -0.690. The van der Waals surface area contributed by atoms with E-state index in [9.17, 15) is 9.59 Å². The highest BCUT2D eigenvalue weighted by atomic mass is 16.2. The van der Waals surface area contributed by atoms with E-state index in [0.29, 0.717) is 19.4 Å². The minimum Gasteiger partial charge on any atom is -0.393 e. The van der Waals surface area contributed by atoms with Crippen molar-refractivity contribution in [2.24, 2.45) is 5.73 Å². The topological polar surface area (TPSA) is 96.2 Å². The summed E-state index contributed by atoms with van der Waals surface area (Å²) in [7, 11) is 0. The molecule has 26 heavy (non-hydrogen) atoms. The molecule has 1 aliphatic rings. The Morgan fingerprint density at radius 1 is 1.15 bits per heavy atom. The lowest BCUT2D eigenvalue weighted by atomic mass is 10.1. The highest BCUT2D eigenvalue weighted by molar-refractivity contribution is 6.01. The summed E-state index contributed by atoms with van der Waals surface area (Å²) in [5.41, 5.74) is 8.80. The first-order valence-corrected chi connectivity index (χ1v) is 8.56. The van der Waals surface area contributed by atoms with E-state index in [4.69, 9.17) is 5.73 Å². The van der Waals surface area contributed by atoms with Crippen LogP contribution in [-0.4, -0.2) is 17.9 Å². The third-order valence-electron chi connectivity index (χ3n) is 4.27. The van der Waals surface area contributed by atoms with Crippen LogP contribution in [-0.2, 0) is 22.6 Å². The molecule has 0 fully saturated rings. The second-order valence-electron chi connectivity index (χ2n) is 6.18. The van der Waals surface area contributed by atoms with Gasteiger partial charge in [0.25, 0.3) is 5.91 Å². The maximum absolute atomic E-state index is 12.3. The first kappa shape index (κ1) is 17.5. The molecular weight excluding hydrogens is 328 g/mol. The summed E-state index contributed by atoms with van der Waals surface area (Å²) in [5, 5.41) is 8.57. The van der Waals surface area contributed by atoms with E-state index in [-0.39, 0.29) is 11.6 Å². The third-order valence-corrected chi connectivity index (χ3v) is 4.27. The first-order chi connectivity index (χ1) is 12.6. The molecule has 0 spiro atoms. The van der Waals surface area contributed by atoms with Crippen LogP contribution >= 0.6 is 0 Å². The third kappa shape index (κ3) is 4.42. The van der Waals surface area contributed by atoms with Gasteiger partial charge in [-0.05, 0) is 30.0 Å². The Hall–Kier alpha value is -3.28. The molecule has 0 saturated heterocycles. The summed E-state index contributed by atoms with van der Waals surface area (Å²) in [6, 6.07) is 16.8. The number of nitrogens with one attached hydrogen (secondary N) is 3. The largest absolute Gasteiger partial charge is 0.393 e. The van der Waals surface area contributed by atoms with Crippen LogP contribution in [0.4, 0.5) is 5.69 Å². The van der Waals surface area contributed by atoms with Crippen molar-refractivity contribution in [3.05, 3.63) is 77.6 Å². The lowest BCUT2D eigenvalue weighted by Crippen LogP contribution is -2.45. The van der Waals surface area contributed by atoms with Gasteiger partial charge in [-0.3, -0.25) is 9.59 Å². The van der Waals surface area contributed by atoms with Crippen molar-refractivity contribution in [2.75, 3.05) is 5.32 Å². The SMILES string of the molecule is N/C(=C\NCc1ccccc1)C(=O)NC1CCc2ccccc2NC1=O. The summed E-state index contributed by atoms with van der Waals surface area (Å²) in [6.07, 6.45) is 2.70. The smallest absolute Gasteiger partial charge is 0.269 e. The number of para-hydroxylation sites is 1. The summed E-state index contributed by atoms with van der Waals surface area (Å²) in [4.78, 5) is 24.6. The Balaban J connectivity index is 1.55. The second kappa shape index (κ2) is 8.20. The Morgan fingerprint density at radius 2 is 1.88 bits per heavy atom. The number of nitrogens with two attached hydrogens (primary N) is 1. The molecule has 1 unspecified atom stereocenters. The molecule has 6 heteroatoms. The van der Waals surface area contributed by atoms with Crippen LogP contribution < -0.4 is 21.7 Å². The molecule has 3 rings (SSSR count). The normalized spacial score (nSPS) is 16.8. The zero-order valence-electron chi connectivity index (χ0n) is 14.4. The van der Waals surface area contributed by atoms with Gasteiger partial charge in [-0.1, -0.05) is 48.5 Å². The van der Waals surface area contributed by atoms with Gasteiger partial charge in [0.05, 0.1) is 0 Å². The van der Waals surface area contributed by atoms with Crippen molar-refractivity contribution >= 4 is 17.5 Å². The van der Waals surface area contributed by atoms with Gasteiger partial charge in [-0.2, -0.15) is 0 Å². The number of aryl methyl sites for hydroxylation is 1. The molecule has 0 radical (unpaired) electrons. The number of anilines is 1. The highest BCUT2D eigenvalue weighted by Crippen LogP contribution is 2.21. The van der Waals surface area contributed by atoms with Crippen molar-refractivity contribution < 1.29 is 9.59 Å². The molecule has 0 aromatic heterocycles. The molecule has 1 heterocycles. The molecule has 5 N–H and O–H groups in total. The zero-order valence-corrected chi connectivity index (χ0v) is 14.4. The van der Waals surface area contributed by atoms with Gasteiger partial charge in [-0.25, -0.2) is 0 Å². The predicted octanol–water partition coefficient (Wildman–Crippen LogP) is 1.65. The Bertz CT molecular complexity index is 818. The monoisotopic (exact) mass is 350 g/mol. The minimum atomic E-state index is -0.615. The van der Waals surface area contributed by atoms with Crippen LogP contribution in [0.2, 0.25) is 0 Å². The molecule has 0 saturated carbocycles. The van der Waals surface area contributed by atoms with Gasteiger partial charge in [0.2, 0.25) is 5.91 Å². The van der Waals surface area contributed by atoms with Crippen LogP contribution in [0.1, 0.15) is 17.5 Å². The minimum absolute atomic E-state index is 0.0375. The molecule has 2 amide bonds. The van der Waals surface area contributed by atoms with Gasteiger partial charge in [0, 0.05) is 18.4 Å². The molecule has 134 valence electrons. The Labute approximate surface area is 152 Å². The van der Waals surface area contributed by atoms with Crippen LogP contribution in [0.5, 0.6) is 0 Å². The lowest BCUT2D eigenvalue weighted by molar-refractivity contribution is -0.124. The fourth-order valence-corrected chi connectivity index (χ4v) is 2.83. The van der Waals surface area contributed by atoms with E-state index < -0.39 is 11.9 Å². The fraction of sp³-hybridized carbons (Fsp3) is 0.200. The maximum atomic E-state index is 12.3. The lowest BCUT2D eigenvalue weighted by Gasteiger charge is -2.15. The number of benzene rings is 2. The molecule has 6 nitrogen and oxygen atoms in total. The van der Waals surface area contributed by atoms with Gasteiger partial charge in [-0.15, -0.1) is 0 Å². The molecule has 2 aromatic carbocycles. The molecule has 2 aromatic rings. The number of fused-ring (bicyclic) bond motifs is 1. The van der Waals surface area contributed by atoms with E-state index in [1.807, 2.05) is 54.6 Å². The van der Waals surface area contributed by atoms with Crippen molar-refractivity contribution in [2.45, 2.75) is 25.4 Å². The van der Waals surface area contributed by atoms with Gasteiger partial charge in [0.1, 0.15) is 11.7 Å². The summed E-state index contributed by atoms with van der Waals surface area (Å²) >= 11 is 0. The first-order valence-electron chi connectivity index (χ1n) is 8.56. The van der Waals surface area contributed by atoms with Crippen molar-refractivity contribution in [3.8, 4) is 0 Å². The van der Waals surface area contributed by atoms with E-state index in [1.165, 1.54) is 6.20 Å². The van der Waals surface area contributed by atoms with E-state index in [1.54, 1.807) is 0 Å². The van der Waals surface area contributed by atoms with Crippen LogP contribution in [0, 0.1) is 0 Å². The van der Waals surface area contributed by atoms with Crippen molar-refractivity contribution in [1.82, 2.24) is 10.6 Å². The van der Waals surface area contributed by atoms with E-state index in [2.05, 4.69) is 16.0 Å². The number of hydrogen-bond acceptors (Lipinski definition) is 4. The predicted molar refractivity (Wildman–Crippen MR) is 101 cm³/mol. The number of amides is 2. The summed E-state index contributed by atoms with van der Waals surface area (Å²) < 4.78 is 0. The fourth-order valence-electron chi connectivity index (χ4n) is 2.83. The number of hydrogen-bond donors (Lipinski definition) is 4. The van der Waals surface area contributed by atoms with E-state index in [0.717, 1.165) is 16.8 Å². The number of rotatable bonds is 5. The number of carbonyl (C=O) groups is 2. The van der Waals surface area contributed by atoms with Gasteiger partial charge < -0.3 is 21.7 Å². The second-order valence-corrected chi connectivity index (χ2v) is 6.18. The van der Waals surface area contributed by atoms with Crippen LogP contribution in [0.25, 0.3) is 0 Å². The van der Waals surface area contributed by atoms with Gasteiger partial charge in [0.15, 0.2) is 0 Å². The standard InChI is InChI=1S/C20H22N4O2/c21-16(13-22-12-14-6-2-1-3-7-14)19(25)24-18-11-10-15-8-4-5-9-17(15)23-20(18)26/h1-9,13,18,22H,10-12,21H2,(H,23,26)(H,24,25)/b16-13-. The highest BCUT2D eigenvalue weighted by Gasteiger charge is 2.25. The molecule has 0 aliphatic carbocycles.